The molecule has 0 amide bonds. The van der Waals surface area contributed by atoms with Crippen molar-refractivity contribution in [3.8, 4) is 0 Å². The first-order valence-corrected chi connectivity index (χ1v) is 7.05. The van der Waals surface area contributed by atoms with Gasteiger partial charge in [0.05, 0.1) is 27.4 Å². The fraction of sp³-hybridized carbons (Fsp3) is 0.0714. The van der Waals surface area contributed by atoms with Crippen LogP contribution in [0, 0.1) is 0 Å². The van der Waals surface area contributed by atoms with Gasteiger partial charge in [-0.25, -0.2) is 0 Å². The molecule has 0 aliphatic carbocycles. The van der Waals surface area contributed by atoms with E-state index in [4.69, 9.17) is 17.3 Å². The van der Waals surface area contributed by atoms with Crippen LogP contribution < -0.4 is 11.1 Å². The zero-order chi connectivity index (χ0) is 13.2. The maximum Gasteiger partial charge on any atom is 0.0931 e. The molecule has 2 aromatic heterocycles. The molecule has 0 atom stereocenters. The number of pyridine rings is 1. The van der Waals surface area contributed by atoms with E-state index in [1.165, 1.54) is 4.88 Å². The van der Waals surface area contributed by atoms with Crippen LogP contribution in [-0.2, 0) is 6.54 Å². The molecule has 96 valence electrons. The van der Waals surface area contributed by atoms with Crippen LogP contribution in [0.2, 0.25) is 4.34 Å². The number of nitrogens with zero attached hydrogens (tertiary/aromatic N) is 1. The number of nitrogens with one attached hydrogen (secondary N) is 1. The zero-order valence-electron chi connectivity index (χ0n) is 10.1. The number of hydrogen-bond donors (Lipinski definition) is 2. The van der Waals surface area contributed by atoms with Gasteiger partial charge >= 0.3 is 0 Å². The van der Waals surface area contributed by atoms with Gasteiger partial charge in [0, 0.05) is 16.8 Å². The summed E-state index contributed by atoms with van der Waals surface area (Å²) in [5, 5.41) is 4.40. The number of rotatable bonds is 3. The largest absolute Gasteiger partial charge is 0.396 e. The lowest BCUT2D eigenvalue weighted by Gasteiger charge is -2.11. The lowest BCUT2D eigenvalue weighted by atomic mass is 10.1. The van der Waals surface area contributed by atoms with E-state index in [1.54, 1.807) is 17.5 Å². The minimum atomic E-state index is 0.654. The standard InChI is InChI=1S/C14H12ClN3S/c15-13-6-5-9(19-13)7-18-14-10-3-1-2-4-12(10)17-8-11(14)16/h1-6,8H,7,16H2,(H,17,18). The maximum absolute atomic E-state index is 6.01. The average molecular weight is 290 g/mol. The van der Waals surface area contributed by atoms with Gasteiger partial charge in [0.15, 0.2) is 0 Å². The molecule has 3 rings (SSSR count). The van der Waals surface area contributed by atoms with E-state index in [0.29, 0.717) is 12.2 Å². The fourth-order valence-electron chi connectivity index (χ4n) is 1.98. The van der Waals surface area contributed by atoms with Crippen LogP contribution in [0.1, 0.15) is 4.88 Å². The molecule has 3 N–H and O–H groups in total. The number of nitrogen functional groups attached to an aromatic ring is 1. The molecule has 5 heteroatoms. The first-order valence-electron chi connectivity index (χ1n) is 5.85. The predicted molar refractivity (Wildman–Crippen MR) is 82.8 cm³/mol. The summed E-state index contributed by atoms with van der Waals surface area (Å²) in [6, 6.07) is 11.9. The van der Waals surface area contributed by atoms with Crippen molar-refractivity contribution in [3.05, 3.63) is 51.8 Å². The van der Waals surface area contributed by atoms with Crippen molar-refractivity contribution < 1.29 is 0 Å². The molecule has 0 aliphatic heterocycles. The van der Waals surface area contributed by atoms with Crippen molar-refractivity contribution in [2.24, 2.45) is 0 Å². The highest BCUT2D eigenvalue weighted by atomic mass is 35.5. The van der Waals surface area contributed by atoms with Crippen molar-refractivity contribution in [3.63, 3.8) is 0 Å². The number of anilines is 2. The Kier molecular flexibility index (Phi) is 3.27. The van der Waals surface area contributed by atoms with Gasteiger partial charge in [-0.1, -0.05) is 29.8 Å². The monoisotopic (exact) mass is 289 g/mol. The van der Waals surface area contributed by atoms with E-state index in [0.717, 1.165) is 20.9 Å². The van der Waals surface area contributed by atoms with Crippen molar-refractivity contribution in [2.45, 2.75) is 6.54 Å². The summed E-state index contributed by atoms with van der Waals surface area (Å²) in [6.07, 6.45) is 1.69. The van der Waals surface area contributed by atoms with Gasteiger partial charge in [-0.15, -0.1) is 11.3 Å². The SMILES string of the molecule is Nc1cnc2ccccc2c1NCc1ccc(Cl)s1. The lowest BCUT2D eigenvalue weighted by molar-refractivity contribution is 1.20. The number of halogens is 1. The van der Waals surface area contributed by atoms with Crippen LogP contribution in [0.4, 0.5) is 11.4 Å². The Bertz CT molecular complexity index is 724. The van der Waals surface area contributed by atoms with Crippen molar-refractivity contribution >= 4 is 45.2 Å². The molecule has 0 bridgehead atoms. The minimum absolute atomic E-state index is 0.654. The van der Waals surface area contributed by atoms with Crippen LogP contribution >= 0.6 is 22.9 Å². The van der Waals surface area contributed by atoms with E-state index in [9.17, 15) is 0 Å². The van der Waals surface area contributed by atoms with Crippen molar-refractivity contribution in [2.75, 3.05) is 11.1 Å². The topological polar surface area (TPSA) is 50.9 Å². The van der Waals surface area contributed by atoms with Crippen LogP contribution in [0.5, 0.6) is 0 Å². The second kappa shape index (κ2) is 5.07. The van der Waals surface area contributed by atoms with E-state index >= 15 is 0 Å². The molecular formula is C14H12ClN3S. The molecule has 0 aliphatic rings. The highest BCUT2D eigenvalue weighted by Crippen LogP contribution is 2.29. The molecule has 2 heterocycles. The second-order valence-electron chi connectivity index (χ2n) is 4.17. The third kappa shape index (κ3) is 2.50. The molecule has 0 saturated heterocycles. The van der Waals surface area contributed by atoms with Gasteiger partial charge in [-0.2, -0.15) is 0 Å². The summed E-state index contributed by atoms with van der Waals surface area (Å²) < 4.78 is 0.796. The summed E-state index contributed by atoms with van der Waals surface area (Å²) in [5.41, 5.74) is 8.52. The summed E-state index contributed by atoms with van der Waals surface area (Å²) in [7, 11) is 0. The van der Waals surface area contributed by atoms with E-state index in [2.05, 4.69) is 10.3 Å². The number of para-hydroxylation sites is 1. The Balaban J connectivity index is 1.93. The molecule has 0 radical (unpaired) electrons. The number of hydrogen-bond acceptors (Lipinski definition) is 4. The minimum Gasteiger partial charge on any atom is -0.396 e. The normalized spacial score (nSPS) is 10.8. The maximum atomic E-state index is 6.01. The Hall–Kier alpha value is -1.78. The van der Waals surface area contributed by atoms with Gasteiger partial charge in [0.1, 0.15) is 0 Å². The van der Waals surface area contributed by atoms with Gasteiger partial charge in [0.25, 0.3) is 0 Å². The molecule has 3 aromatic rings. The Morgan fingerprint density at radius 1 is 1.21 bits per heavy atom. The summed E-state index contributed by atoms with van der Waals surface area (Å²) in [5.74, 6) is 0. The third-order valence-electron chi connectivity index (χ3n) is 2.87. The van der Waals surface area contributed by atoms with Crippen molar-refractivity contribution in [1.29, 1.82) is 0 Å². The summed E-state index contributed by atoms with van der Waals surface area (Å²) in [4.78, 5) is 5.49. The Morgan fingerprint density at radius 3 is 2.84 bits per heavy atom. The number of fused-ring (bicyclic) bond motifs is 1. The molecular weight excluding hydrogens is 278 g/mol. The van der Waals surface area contributed by atoms with E-state index < -0.39 is 0 Å². The van der Waals surface area contributed by atoms with Crippen LogP contribution in [-0.4, -0.2) is 4.98 Å². The number of thiophene rings is 1. The third-order valence-corrected chi connectivity index (χ3v) is 4.10. The van der Waals surface area contributed by atoms with Crippen LogP contribution in [0.3, 0.4) is 0 Å². The van der Waals surface area contributed by atoms with Crippen LogP contribution in [0.15, 0.2) is 42.6 Å². The molecule has 1 aromatic carbocycles. The van der Waals surface area contributed by atoms with Gasteiger partial charge in [-0.3, -0.25) is 4.98 Å². The summed E-state index contributed by atoms with van der Waals surface area (Å²) >= 11 is 7.49. The Labute approximate surface area is 120 Å². The van der Waals surface area contributed by atoms with E-state index in [-0.39, 0.29) is 0 Å². The molecule has 3 nitrogen and oxygen atoms in total. The smallest absolute Gasteiger partial charge is 0.0931 e. The van der Waals surface area contributed by atoms with E-state index in [1.807, 2.05) is 36.4 Å². The molecule has 0 fully saturated rings. The molecule has 0 saturated carbocycles. The summed E-state index contributed by atoms with van der Waals surface area (Å²) in [6.45, 7) is 0.704. The Morgan fingerprint density at radius 2 is 2.05 bits per heavy atom. The van der Waals surface area contributed by atoms with Gasteiger partial charge < -0.3 is 11.1 Å². The molecule has 0 spiro atoms. The molecule has 19 heavy (non-hydrogen) atoms. The number of benzene rings is 1. The average Bonchev–Trinajstić information content (AvgIpc) is 2.83. The lowest BCUT2D eigenvalue weighted by Crippen LogP contribution is -2.02. The first-order chi connectivity index (χ1) is 9.24. The number of nitrogens with two attached hydrogens (primary N) is 1. The predicted octanol–water partition coefficient (Wildman–Crippen LogP) is 4.14. The molecule has 0 unspecified atom stereocenters. The van der Waals surface area contributed by atoms with Crippen molar-refractivity contribution in [1.82, 2.24) is 4.98 Å². The number of aromatic nitrogens is 1. The zero-order valence-corrected chi connectivity index (χ0v) is 11.6. The second-order valence-corrected chi connectivity index (χ2v) is 5.96. The highest BCUT2D eigenvalue weighted by Gasteiger charge is 2.06. The van der Waals surface area contributed by atoms with Gasteiger partial charge in [0.2, 0.25) is 0 Å². The van der Waals surface area contributed by atoms with Gasteiger partial charge in [-0.05, 0) is 18.2 Å². The fourth-order valence-corrected chi connectivity index (χ4v) is 3.00. The quantitative estimate of drug-likeness (QED) is 0.762. The van der Waals surface area contributed by atoms with Crippen LogP contribution in [0.25, 0.3) is 10.9 Å². The first kappa shape index (κ1) is 12.3. The highest BCUT2D eigenvalue weighted by molar-refractivity contribution is 7.16.